The van der Waals surface area contributed by atoms with E-state index in [2.05, 4.69) is 20.2 Å². The van der Waals surface area contributed by atoms with Crippen LogP contribution in [0.25, 0.3) is 0 Å². The van der Waals surface area contributed by atoms with E-state index in [9.17, 15) is 4.79 Å². The van der Waals surface area contributed by atoms with Crippen molar-refractivity contribution < 1.29 is 9.53 Å². The standard InChI is InChI=1S/C17H26N4O2/c1-11-7-14(19-10-18-11)21-8-12-5-6-13(9-21)15(12)20-16(22)23-17(2,3)4/h7,10,12-13,15H,5-6,8-9H2,1-4H3,(H,20,22)/t12-,13+,15?. The van der Waals surface area contributed by atoms with Gasteiger partial charge in [0.25, 0.3) is 0 Å². The van der Waals surface area contributed by atoms with Crippen LogP contribution in [0.1, 0.15) is 39.3 Å². The molecule has 0 aromatic carbocycles. The van der Waals surface area contributed by atoms with Crippen molar-refractivity contribution in [1.29, 1.82) is 0 Å². The molecule has 2 bridgehead atoms. The Bertz CT molecular complexity index is 570. The second kappa shape index (κ2) is 5.98. The topological polar surface area (TPSA) is 67.4 Å². The van der Waals surface area contributed by atoms with E-state index in [1.807, 2.05) is 33.8 Å². The molecule has 1 saturated heterocycles. The number of alkyl carbamates (subject to hydrolysis) is 1. The molecular weight excluding hydrogens is 292 g/mol. The van der Waals surface area contributed by atoms with Crippen LogP contribution in [0.2, 0.25) is 0 Å². The number of carbonyl (C=O) groups excluding carboxylic acids is 1. The van der Waals surface area contributed by atoms with E-state index in [-0.39, 0.29) is 12.1 Å². The lowest BCUT2D eigenvalue weighted by atomic mass is 9.92. The van der Waals surface area contributed by atoms with Gasteiger partial charge in [-0.2, -0.15) is 0 Å². The second-order valence-corrected chi connectivity index (χ2v) is 7.69. The average molecular weight is 318 g/mol. The molecule has 0 radical (unpaired) electrons. The highest BCUT2D eigenvalue weighted by Crippen LogP contribution is 2.38. The van der Waals surface area contributed by atoms with Gasteiger partial charge in [0.05, 0.1) is 0 Å². The molecule has 1 amide bonds. The highest BCUT2D eigenvalue weighted by Gasteiger charge is 2.43. The van der Waals surface area contributed by atoms with Crippen molar-refractivity contribution in [3.8, 4) is 0 Å². The molecule has 1 aromatic heterocycles. The minimum Gasteiger partial charge on any atom is -0.444 e. The van der Waals surface area contributed by atoms with Crippen molar-refractivity contribution in [2.45, 2.75) is 52.2 Å². The van der Waals surface area contributed by atoms with E-state index >= 15 is 0 Å². The molecule has 6 heteroatoms. The number of piperidine rings is 1. The number of hydrogen-bond donors (Lipinski definition) is 1. The fourth-order valence-corrected chi connectivity index (χ4v) is 3.70. The number of ether oxygens (including phenoxy) is 1. The van der Waals surface area contributed by atoms with Crippen molar-refractivity contribution in [2.75, 3.05) is 18.0 Å². The highest BCUT2D eigenvalue weighted by molar-refractivity contribution is 5.68. The Labute approximate surface area is 137 Å². The van der Waals surface area contributed by atoms with Crippen molar-refractivity contribution in [1.82, 2.24) is 15.3 Å². The Balaban J connectivity index is 1.64. The molecule has 1 aliphatic heterocycles. The lowest BCUT2D eigenvalue weighted by Crippen LogP contribution is -2.53. The first-order chi connectivity index (χ1) is 10.8. The first-order valence-corrected chi connectivity index (χ1v) is 8.35. The maximum Gasteiger partial charge on any atom is 0.407 e. The second-order valence-electron chi connectivity index (χ2n) is 7.69. The van der Waals surface area contributed by atoms with Crippen LogP contribution in [0.4, 0.5) is 10.6 Å². The molecule has 1 aromatic rings. The smallest absolute Gasteiger partial charge is 0.407 e. The van der Waals surface area contributed by atoms with Crippen molar-refractivity contribution in [3.63, 3.8) is 0 Å². The molecule has 2 aliphatic rings. The number of carbonyl (C=O) groups is 1. The predicted molar refractivity (Wildman–Crippen MR) is 88.4 cm³/mol. The van der Waals surface area contributed by atoms with E-state index in [1.54, 1.807) is 6.33 Å². The molecule has 3 atom stereocenters. The third kappa shape index (κ3) is 3.74. The quantitative estimate of drug-likeness (QED) is 0.907. The van der Waals surface area contributed by atoms with Gasteiger partial charge in [-0.1, -0.05) is 0 Å². The summed E-state index contributed by atoms with van der Waals surface area (Å²) in [4.78, 5) is 23.0. The van der Waals surface area contributed by atoms with E-state index in [0.717, 1.165) is 37.4 Å². The van der Waals surface area contributed by atoms with Crippen LogP contribution in [-0.4, -0.2) is 40.8 Å². The molecule has 1 unspecified atom stereocenters. The normalized spacial score (nSPS) is 27.0. The summed E-state index contributed by atoms with van der Waals surface area (Å²) in [5, 5.41) is 3.10. The number of nitrogens with zero attached hydrogens (tertiary/aromatic N) is 3. The Morgan fingerprint density at radius 3 is 2.48 bits per heavy atom. The number of nitrogens with one attached hydrogen (secondary N) is 1. The van der Waals surface area contributed by atoms with Gasteiger partial charge < -0.3 is 15.0 Å². The average Bonchev–Trinajstić information content (AvgIpc) is 2.68. The van der Waals surface area contributed by atoms with Crippen molar-refractivity contribution >= 4 is 11.9 Å². The first kappa shape index (κ1) is 16.0. The Hall–Kier alpha value is -1.85. The largest absolute Gasteiger partial charge is 0.444 e. The number of hydrogen-bond acceptors (Lipinski definition) is 5. The number of anilines is 1. The first-order valence-electron chi connectivity index (χ1n) is 8.35. The van der Waals surface area contributed by atoms with Crippen LogP contribution >= 0.6 is 0 Å². The molecule has 2 heterocycles. The summed E-state index contributed by atoms with van der Waals surface area (Å²) in [6.45, 7) is 9.50. The van der Waals surface area contributed by atoms with Crippen LogP contribution in [0.3, 0.4) is 0 Å². The molecule has 2 fully saturated rings. The minimum absolute atomic E-state index is 0.212. The molecule has 23 heavy (non-hydrogen) atoms. The Morgan fingerprint density at radius 2 is 1.91 bits per heavy atom. The number of aryl methyl sites for hydroxylation is 1. The summed E-state index contributed by atoms with van der Waals surface area (Å²) in [5.74, 6) is 1.90. The van der Waals surface area contributed by atoms with Gasteiger partial charge in [0.1, 0.15) is 17.7 Å². The molecule has 126 valence electrons. The van der Waals surface area contributed by atoms with Gasteiger partial charge in [0.2, 0.25) is 0 Å². The zero-order valence-electron chi connectivity index (χ0n) is 14.4. The number of rotatable bonds is 2. The van der Waals surface area contributed by atoms with Gasteiger partial charge in [0, 0.05) is 30.9 Å². The van der Waals surface area contributed by atoms with Crippen LogP contribution < -0.4 is 10.2 Å². The van der Waals surface area contributed by atoms with E-state index in [4.69, 9.17) is 4.74 Å². The van der Waals surface area contributed by atoms with E-state index in [0.29, 0.717) is 11.8 Å². The van der Waals surface area contributed by atoms with Crippen molar-refractivity contribution in [2.24, 2.45) is 11.8 Å². The highest BCUT2D eigenvalue weighted by atomic mass is 16.6. The molecule has 6 nitrogen and oxygen atoms in total. The van der Waals surface area contributed by atoms with Crippen LogP contribution in [-0.2, 0) is 4.74 Å². The van der Waals surface area contributed by atoms with Crippen molar-refractivity contribution in [3.05, 3.63) is 18.1 Å². The summed E-state index contributed by atoms with van der Waals surface area (Å²) < 4.78 is 5.41. The fourth-order valence-electron chi connectivity index (χ4n) is 3.70. The molecule has 0 spiro atoms. The number of aromatic nitrogens is 2. The van der Waals surface area contributed by atoms with Gasteiger partial charge in [0.15, 0.2) is 0 Å². The van der Waals surface area contributed by atoms with E-state index < -0.39 is 5.60 Å². The maximum absolute atomic E-state index is 12.1. The van der Waals surface area contributed by atoms with Gasteiger partial charge in [-0.05, 0) is 52.4 Å². The molecule has 1 aliphatic carbocycles. The van der Waals surface area contributed by atoms with Gasteiger partial charge in [-0.3, -0.25) is 0 Å². The zero-order valence-corrected chi connectivity index (χ0v) is 14.4. The molecule has 3 rings (SSSR count). The number of fused-ring (bicyclic) bond motifs is 2. The SMILES string of the molecule is Cc1cc(N2C[C@H]3CC[C@@H](C2)C3NC(=O)OC(C)(C)C)ncn1. The molecule has 1 saturated carbocycles. The summed E-state index contributed by atoms with van der Waals surface area (Å²) in [7, 11) is 0. The van der Waals surface area contributed by atoms with Gasteiger partial charge in [-0.15, -0.1) is 0 Å². The van der Waals surface area contributed by atoms with E-state index in [1.165, 1.54) is 0 Å². The lowest BCUT2D eigenvalue weighted by Gasteiger charge is -2.39. The van der Waals surface area contributed by atoms with Gasteiger partial charge >= 0.3 is 6.09 Å². The fraction of sp³-hybridized carbons (Fsp3) is 0.706. The third-order valence-electron chi connectivity index (χ3n) is 4.63. The third-order valence-corrected chi connectivity index (χ3v) is 4.63. The van der Waals surface area contributed by atoms with Crippen LogP contribution in [0.5, 0.6) is 0 Å². The Kier molecular flexibility index (Phi) is 4.17. The maximum atomic E-state index is 12.1. The minimum atomic E-state index is -0.456. The lowest BCUT2D eigenvalue weighted by molar-refractivity contribution is 0.0472. The zero-order chi connectivity index (χ0) is 16.6. The predicted octanol–water partition coefficient (Wildman–Crippen LogP) is 2.52. The Morgan fingerprint density at radius 1 is 1.26 bits per heavy atom. The summed E-state index contributed by atoms with van der Waals surface area (Å²) in [5.41, 5.74) is 0.527. The molecular formula is C17H26N4O2. The number of amides is 1. The van der Waals surface area contributed by atoms with Crippen LogP contribution in [0, 0.1) is 18.8 Å². The molecule has 1 N–H and O–H groups in total. The monoisotopic (exact) mass is 318 g/mol. The van der Waals surface area contributed by atoms with Gasteiger partial charge in [-0.25, -0.2) is 14.8 Å². The summed E-state index contributed by atoms with van der Waals surface area (Å²) in [6.07, 6.45) is 3.61. The summed E-state index contributed by atoms with van der Waals surface area (Å²) in [6, 6.07) is 2.24. The summed E-state index contributed by atoms with van der Waals surface area (Å²) >= 11 is 0. The van der Waals surface area contributed by atoms with Crippen LogP contribution in [0.15, 0.2) is 12.4 Å².